The Kier molecular flexibility index (Phi) is 3.01. The lowest BCUT2D eigenvalue weighted by molar-refractivity contribution is -0.123. The molecule has 4 heteroatoms. The molecule has 2 fully saturated rings. The SMILES string of the molecule is Cc1ccc(Br)c(N2C(=O)C3CC(C)CC3C2=O)c1. The van der Waals surface area contributed by atoms with Crippen LogP contribution in [-0.2, 0) is 9.59 Å². The van der Waals surface area contributed by atoms with E-state index in [0.717, 1.165) is 22.9 Å². The summed E-state index contributed by atoms with van der Waals surface area (Å²) in [6, 6.07) is 5.74. The van der Waals surface area contributed by atoms with Crippen LogP contribution in [0, 0.1) is 24.7 Å². The van der Waals surface area contributed by atoms with Gasteiger partial charge in [-0.3, -0.25) is 9.59 Å². The second-order valence-corrected chi connectivity index (χ2v) is 6.61. The minimum atomic E-state index is -0.102. The van der Waals surface area contributed by atoms with Crippen molar-refractivity contribution < 1.29 is 9.59 Å². The van der Waals surface area contributed by atoms with Crippen LogP contribution in [0.4, 0.5) is 5.69 Å². The van der Waals surface area contributed by atoms with Crippen LogP contribution in [0.3, 0.4) is 0 Å². The summed E-state index contributed by atoms with van der Waals surface area (Å²) >= 11 is 3.44. The van der Waals surface area contributed by atoms with Crippen LogP contribution in [0.2, 0.25) is 0 Å². The zero-order chi connectivity index (χ0) is 13.7. The van der Waals surface area contributed by atoms with Crippen molar-refractivity contribution in [2.75, 3.05) is 4.90 Å². The molecule has 3 nitrogen and oxygen atoms in total. The summed E-state index contributed by atoms with van der Waals surface area (Å²) in [6.45, 7) is 4.08. The number of imide groups is 1. The number of halogens is 1. The molecule has 1 saturated carbocycles. The monoisotopic (exact) mass is 321 g/mol. The topological polar surface area (TPSA) is 37.4 Å². The molecule has 3 rings (SSSR count). The highest BCUT2D eigenvalue weighted by Crippen LogP contribution is 2.45. The maximum absolute atomic E-state index is 12.5. The van der Waals surface area contributed by atoms with E-state index >= 15 is 0 Å². The molecule has 100 valence electrons. The van der Waals surface area contributed by atoms with Gasteiger partial charge in [0.25, 0.3) is 0 Å². The Bertz CT molecular complexity index is 545. The molecule has 1 aliphatic carbocycles. The lowest BCUT2D eigenvalue weighted by atomic mass is 10.00. The smallest absolute Gasteiger partial charge is 0.237 e. The third kappa shape index (κ3) is 1.93. The van der Waals surface area contributed by atoms with E-state index in [1.807, 2.05) is 25.1 Å². The average molecular weight is 322 g/mol. The van der Waals surface area contributed by atoms with Gasteiger partial charge in [0.15, 0.2) is 0 Å². The number of anilines is 1. The van der Waals surface area contributed by atoms with E-state index < -0.39 is 0 Å². The minimum Gasteiger partial charge on any atom is -0.274 e. The molecule has 1 aromatic rings. The van der Waals surface area contributed by atoms with E-state index in [1.54, 1.807) is 0 Å². The van der Waals surface area contributed by atoms with E-state index in [2.05, 4.69) is 22.9 Å². The largest absolute Gasteiger partial charge is 0.274 e. The van der Waals surface area contributed by atoms with Crippen molar-refractivity contribution in [2.45, 2.75) is 26.7 Å². The Morgan fingerprint density at radius 2 is 1.74 bits per heavy atom. The Morgan fingerprint density at radius 1 is 1.16 bits per heavy atom. The first-order valence-electron chi connectivity index (χ1n) is 6.63. The predicted molar refractivity (Wildman–Crippen MR) is 76.8 cm³/mol. The van der Waals surface area contributed by atoms with E-state index in [1.165, 1.54) is 4.90 Å². The molecule has 0 bridgehead atoms. The number of nitrogens with zero attached hydrogens (tertiary/aromatic N) is 1. The zero-order valence-corrected chi connectivity index (χ0v) is 12.6. The Morgan fingerprint density at radius 3 is 2.32 bits per heavy atom. The van der Waals surface area contributed by atoms with Crippen LogP contribution in [-0.4, -0.2) is 11.8 Å². The molecule has 2 atom stereocenters. The van der Waals surface area contributed by atoms with Gasteiger partial charge in [0.2, 0.25) is 11.8 Å². The van der Waals surface area contributed by atoms with Crippen molar-refractivity contribution in [3.63, 3.8) is 0 Å². The standard InChI is InChI=1S/C15H16BrNO2/c1-8-3-4-12(16)13(7-8)17-14(18)10-5-9(2)6-11(10)15(17)19/h3-4,7,9-11H,5-6H2,1-2H3. The molecule has 0 spiro atoms. The molecule has 2 amide bonds. The van der Waals surface area contributed by atoms with E-state index in [4.69, 9.17) is 0 Å². The molecule has 1 saturated heterocycles. The minimum absolute atomic E-state index is 0.0225. The molecule has 0 N–H and O–H groups in total. The lowest BCUT2D eigenvalue weighted by Crippen LogP contribution is -2.32. The number of fused-ring (bicyclic) bond motifs is 1. The summed E-state index contributed by atoms with van der Waals surface area (Å²) in [5.74, 6) is 0.229. The summed E-state index contributed by atoms with van der Waals surface area (Å²) in [5, 5.41) is 0. The van der Waals surface area contributed by atoms with Gasteiger partial charge in [0, 0.05) is 4.47 Å². The summed E-state index contributed by atoms with van der Waals surface area (Å²) in [6.07, 6.45) is 1.68. The van der Waals surface area contributed by atoms with Gasteiger partial charge in [-0.1, -0.05) is 13.0 Å². The van der Waals surface area contributed by atoms with Gasteiger partial charge >= 0.3 is 0 Å². The van der Waals surface area contributed by atoms with E-state index in [0.29, 0.717) is 11.6 Å². The Labute approximate surface area is 121 Å². The third-order valence-electron chi connectivity index (χ3n) is 4.22. The molecule has 1 aromatic carbocycles. The van der Waals surface area contributed by atoms with Crippen LogP contribution < -0.4 is 4.90 Å². The van der Waals surface area contributed by atoms with Gasteiger partial charge in [0.1, 0.15) is 0 Å². The van der Waals surface area contributed by atoms with Crippen molar-refractivity contribution in [1.82, 2.24) is 0 Å². The highest BCUT2D eigenvalue weighted by molar-refractivity contribution is 9.10. The fourth-order valence-corrected chi connectivity index (χ4v) is 3.73. The van der Waals surface area contributed by atoms with Gasteiger partial charge < -0.3 is 0 Å². The van der Waals surface area contributed by atoms with Crippen molar-refractivity contribution in [1.29, 1.82) is 0 Å². The predicted octanol–water partition coefficient (Wildman–Crippen LogP) is 3.29. The lowest BCUT2D eigenvalue weighted by Gasteiger charge is -2.18. The zero-order valence-electron chi connectivity index (χ0n) is 11.0. The highest BCUT2D eigenvalue weighted by Gasteiger charge is 2.52. The molecule has 0 radical (unpaired) electrons. The van der Waals surface area contributed by atoms with Gasteiger partial charge in [-0.05, 0) is 59.3 Å². The maximum atomic E-state index is 12.5. The number of hydrogen-bond donors (Lipinski definition) is 0. The first kappa shape index (κ1) is 12.9. The van der Waals surface area contributed by atoms with Crippen molar-refractivity contribution in [2.24, 2.45) is 17.8 Å². The third-order valence-corrected chi connectivity index (χ3v) is 4.89. The number of aryl methyl sites for hydroxylation is 1. The number of hydrogen-bond acceptors (Lipinski definition) is 2. The van der Waals surface area contributed by atoms with E-state index in [-0.39, 0.29) is 23.7 Å². The molecule has 2 aliphatic rings. The van der Waals surface area contributed by atoms with Crippen LogP contribution in [0.25, 0.3) is 0 Å². The van der Waals surface area contributed by atoms with Gasteiger partial charge in [-0.2, -0.15) is 0 Å². The average Bonchev–Trinajstić information content (AvgIpc) is 2.84. The van der Waals surface area contributed by atoms with Crippen LogP contribution >= 0.6 is 15.9 Å². The van der Waals surface area contributed by atoms with Crippen LogP contribution in [0.15, 0.2) is 22.7 Å². The fraction of sp³-hybridized carbons (Fsp3) is 0.467. The summed E-state index contributed by atoms with van der Waals surface area (Å²) in [4.78, 5) is 26.4. The number of carbonyl (C=O) groups excluding carboxylic acids is 2. The quantitative estimate of drug-likeness (QED) is 0.744. The molecular weight excluding hydrogens is 306 g/mol. The van der Waals surface area contributed by atoms with Crippen molar-refractivity contribution in [3.8, 4) is 0 Å². The Balaban J connectivity index is 2.01. The molecule has 19 heavy (non-hydrogen) atoms. The van der Waals surface area contributed by atoms with Gasteiger partial charge in [0.05, 0.1) is 17.5 Å². The first-order valence-corrected chi connectivity index (χ1v) is 7.42. The molecule has 1 heterocycles. The van der Waals surface area contributed by atoms with E-state index in [9.17, 15) is 9.59 Å². The number of carbonyl (C=O) groups is 2. The molecule has 0 aromatic heterocycles. The van der Waals surface area contributed by atoms with Crippen LogP contribution in [0.1, 0.15) is 25.3 Å². The van der Waals surface area contributed by atoms with Crippen LogP contribution in [0.5, 0.6) is 0 Å². The summed E-state index contributed by atoms with van der Waals surface area (Å²) < 4.78 is 0.799. The number of amides is 2. The summed E-state index contributed by atoms with van der Waals surface area (Å²) in [7, 11) is 0. The normalized spacial score (nSPS) is 30.1. The first-order chi connectivity index (χ1) is 8.99. The number of rotatable bonds is 1. The molecule has 1 aliphatic heterocycles. The second-order valence-electron chi connectivity index (χ2n) is 5.76. The van der Waals surface area contributed by atoms with Gasteiger partial charge in [-0.25, -0.2) is 4.90 Å². The molecular formula is C15H16BrNO2. The van der Waals surface area contributed by atoms with Crippen molar-refractivity contribution >= 4 is 33.4 Å². The maximum Gasteiger partial charge on any atom is 0.237 e. The Hall–Kier alpha value is -1.16. The second kappa shape index (κ2) is 4.44. The van der Waals surface area contributed by atoms with Gasteiger partial charge in [-0.15, -0.1) is 0 Å². The summed E-state index contributed by atoms with van der Waals surface area (Å²) in [5.41, 5.74) is 1.74. The molecule has 2 unspecified atom stereocenters. The fourth-order valence-electron chi connectivity index (χ4n) is 3.31. The highest BCUT2D eigenvalue weighted by atomic mass is 79.9. The van der Waals surface area contributed by atoms with Crippen molar-refractivity contribution in [3.05, 3.63) is 28.2 Å². The number of benzene rings is 1.